The molecule has 3 nitrogen and oxygen atoms in total. The molecule has 0 bridgehead atoms. The molecule has 4 aliphatic rings. The van der Waals surface area contributed by atoms with Crippen LogP contribution < -0.4 is 31.1 Å². The lowest BCUT2D eigenvalue weighted by Crippen LogP contribution is -2.61. The Bertz CT molecular complexity index is 4250. The zero-order valence-corrected chi connectivity index (χ0v) is 52.0. The second kappa shape index (κ2) is 19.9. The fourth-order valence-corrected chi connectivity index (χ4v) is 15.2. The number of hydrogen-bond donors (Lipinski definition) is 0. The minimum atomic E-state index is -0.236. The topological polar surface area (TPSA) is 9.72 Å². The average molecular weight is 1110 g/mol. The van der Waals surface area contributed by atoms with Crippen molar-refractivity contribution in [3.63, 3.8) is 0 Å². The van der Waals surface area contributed by atoms with Crippen LogP contribution in [0.25, 0.3) is 44.5 Å². The van der Waals surface area contributed by atoms with Gasteiger partial charge in [-0.25, -0.2) is 0 Å². The Labute approximate surface area is 507 Å². The molecule has 0 saturated heterocycles. The van der Waals surface area contributed by atoms with Crippen LogP contribution >= 0.6 is 0 Å². The van der Waals surface area contributed by atoms with Crippen molar-refractivity contribution in [3.8, 4) is 44.5 Å². The Morgan fingerprint density at radius 3 is 1.38 bits per heavy atom. The van der Waals surface area contributed by atoms with Crippen LogP contribution in [0.3, 0.4) is 0 Å². The molecular weight excluding hydrogens is 1030 g/mol. The van der Waals surface area contributed by atoms with Gasteiger partial charge in [-0.3, -0.25) is 0 Å². The summed E-state index contributed by atoms with van der Waals surface area (Å²) in [6.07, 6.45) is 4.60. The van der Waals surface area contributed by atoms with Crippen LogP contribution in [0.2, 0.25) is 0 Å². The van der Waals surface area contributed by atoms with E-state index in [9.17, 15) is 0 Å². The predicted molar refractivity (Wildman–Crippen MR) is 366 cm³/mol. The highest BCUT2D eigenvalue weighted by molar-refractivity contribution is 7.00. The van der Waals surface area contributed by atoms with E-state index < -0.39 is 0 Å². The standard InChI is InChI=1S/C81H80BN3/c1-53-26-22-23-33-63(53)58-35-41-71-66(46-58)80(11)44-24-25-45-81(80,12)85(71)62-51-74-76-75(52-62)84(70-43-38-60(78(5,6)7)49-65(70)56-31-20-15-21-32-56)73-50-61(79(8,9)10)36-40-68(73)82(76)67-39-34-57(54-27-16-13-17-28-54)47-72(67)83(74)69-42-37-59(77(2,3)4)48-64(69)55-29-18-14-19-30-55/h13-23,26-43,46-52H,24-25,44-45H2,1-12H3. The molecule has 85 heavy (non-hydrogen) atoms. The van der Waals surface area contributed by atoms with Crippen LogP contribution in [0.5, 0.6) is 0 Å². The van der Waals surface area contributed by atoms with Crippen LogP contribution in [-0.4, -0.2) is 12.3 Å². The van der Waals surface area contributed by atoms with Gasteiger partial charge in [0.05, 0.1) is 16.9 Å². The largest absolute Gasteiger partial charge is 0.334 e. The number of fused-ring (bicyclic) bond motifs is 7. The van der Waals surface area contributed by atoms with E-state index in [1.54, 1.807) is 0 Å². The first-order valence-corrected chi connectivity index (χ1v) is 31.2. The van der Waals surface area contributed by atoms with Gasteiger partial charge in [0.2, 0.25) is 0 Å². The summed E-state index contributed by atoms with van der Waals surface area (Å²) in [6, 6.07) is 84.5. The molecule has 3 aliphatic heterocycles. The van der Waals surface area contributed by atoms with Crippen molar-refractivity contribution in [2.24, 2.45) is 0 Å². The summed E-state index contributed by atoms with van der Waals surface area (Å²) in [5.41, 5.74) is 29.7. The molecule has 0 aromatic heterocycles. The molecule has 0 amide bonds. The van der Waals surface area contributed by atoms with Gasteiger partial charge in [0.1, 0.15) is 0 Å². The third kappa shape index (κ3) is 8.83. The number of benzene rings is 10. The van der Waals surface area contributed by atoms with Crippen molar-refractivity contribution in [1.29, 1.82) is 0 Å². The third-order valence-electron chi connectivity index (χ3n) is 20.2. The maximum atomic E-state index is 2.84. The van der Waals surface area contributed by atoms with Gasteiger partial charge in [0, 0.05) is 50.7 Å². The molecule has 1 aliphatic carbocycles. The number of hydrogen-bond acceptors (Lipinski definition) is 3. The van der Waals surface area contributed by atoms with E-state index in [4.69, 9.17) is 0 Å². The summed E-state index contributed by atoms with van der Waals surface area (Å²) < 4.78 is 0. The number of rotatable bonds is 7. The van der Waals surface area contributed by atoms with Crippen LogP contribution in [0.4, 0.5) is 45.5 Å². The van der Waals surface area contributed by atoms with Gasteiger partial charge in [-0.15, -0.1) is 0 Å². The molecule has 1 saturated carbocycles. The predicted octanol–water partition coefficient (Wildman–Crippen LogP) is 20.4. The van der Waals surface area contributed by atoms with Crippen molar-refractivity contribution in [3.05, 3.63) is 246 Å². The molecule has 10 aromatic carbocycles. The molecule has 0 radical (unpaired) electrons. The summed E-state index contributed by atoms with van der Waals surface area (Å²) in [7, 11) is 0. The first kappa shape index (κ1) is 54.6. The normalized spacial score (nSPS) is 17.9. The number of aryl methyl sites for hydroxylation is 1. The SMILES string of the molecule is Cc1ccccc1-c1ccc2c(c1)C1(C)CCCCC1(C)N2c1cc2c3c(c1)N(c1ccc(C(C)(C)C)cc1-c1ccccc1)c1cc(C(C)(C)C)ccc1B3c1ccc(-c3ccccc3)cc1N2c1ccc(C(C)(C)C)cc1-c1ccccc1. The second-order valence-electron chi connectivity index (χ2n) is 28.6. The Hall–Kier alpha value is -8.34. The molecule has 2 unspecified atom stereocenters. The molecule has 0 spiro atoms. The van der Waals surface area contributed by atoms with Crippen molar-refractivity contribution < 1.29 is 0 Å². The number of nitrogens with zero attached hydrogens (tertiary/aromatic N) is 3. The van der Waals surface area contributed by atoms with Gasteiger partial charge in [0.25, 0.3) is 6.71 Å². The van der Waals surface area contributed by atoms with Gasteiger partial charge in [-0.2, -0.15) is 0 Å². The van der Waals surface area contributed by atoms with E-state index in [1.807, 2.05) is 0 Å². The van der Waals surface area contributed by atoms with E-state index in [2.05, 4.69) is 316 Å². The molecular formula is C81H80BN3. The fourth-order valence-electron chi connectivity index (χ4n) is 15.2. The monoisotopic (exact) mass is 1110 g/mol. The zero-order valence-electron chi connectivity index (χ0n) is 52.0. The first-order chi connectivity index (χ1) is 40.7. The lowest BCUT2D eigenvalue weighted by molar-refractivity contribution is 0.195. The van der Waals surface area contributed by atoms with Crippen molar-refractivity contribution in [2.45, 2.75) is 136 Å². The van der Waals surface area contributed by atoms with E-state index in [-0.39, 0.29) is 33.9 Å². The van der Waals surface area contributed by atoms with Crippen LogP contribution in [0.1, 0.15) is 130 Å². The van der Waals surface area contributed by atoms with E-state index in [0.717, 1.165) is 12.8 Å². The maximum Gasteiger partial charge on any atom is 0.252 e. The minimum absolute atomic E-state index is 0.0719. The lowest BCUT2D eigenvalue weighted by atomic mass is 9.33. The minimum Gasteiger partial charge on any atom is -0.334 e. The van der Waals surface area contributed by atoms with E-state index in [1.165, 1.54) is 147 Å². The molecule has 1 fully saturated rings. The summed E-state index contributed by atoms with van der Waals surface area (Å²) >= 11 is 0. The molecule has 2 atom stereocenters. The summed E-state index contributed by atoms with van der Waals surface area (Å²) in [5.74, 6) is 0. The summed E-state index contributed by atoms with van der Waals surface area (Å²) in [5, 5.41) is 0. The quantitative estimate of drug-likeness (QED) is 0.147. The molecule has 4 heteroatoms. The van der Waals surface area contributed by atoms with Gasteiger partial charge < -0.3 is 14.7 Å². The molecule has 0 N–H and O–H groups in total. The highest BCUT2D eigenvalue weighted by Crippen LogP contribution is 2.63. The van der Waals surface area contributed by atoms with Crippen molar-refractivity contribution >= 4 is 68.6 Å². The summed E-state index contributed by atoms with van der Waals surface area (Å²) in [4.78, 5) is 8.24. The Morgan fingerprint density at radius 2 is 0.824 bits per heavy atom. The Balaban J connectivity index is 1.15. The highest BCUT2D eigenvalue weighted by Gasteiger charge is 2.58. The van der Waals surface area contributed by atoms with Gasteiger partial charge in [0.15, 0.2) is 0 Å². The summed E-state index contributed by atoms with van der Waals surface area (Å²) in [6.45, 7) is 28.5. The molecule has 14 rings (SSSR count). The first-order valence-electron chi connectivity index (χ1n) is 31.2. The van der Waals surface area contributed by atoms with Crippen molar-refractivity contribution in [2.75, 3.05) is 14.7 Å². The molecule has 10 aromatic rings. The van der Waals surface area contributed by atoms with Crippen molar-refractivity contribution in [1.82, 2.24) is 0 Å². The maximum absolute atomic E-state index is 2.84. The van der Waals surface area contributed by atoms with Gasteiger partial charge in [-0.05, 0) is 181 Å². The van der Waals surface area contributed by atoms with E-state index >= 15 is 0 Å². The van der Waals surface area contributed by atoms with Gasteiger partial charge >= 0.3 is 0 Å². The smallest absolute Gasteiger partial charge is 0.252 e. The van der Waals surface area contributed by atoms with Crippen LogP contribution in [-0.2, 0) is 21.7 Å². The third-order valence-corrected chi connectivity index (χ3v) is 20.2. The Kier molecular flexibility index (Phi) is 12.8. The second-order valence-corrected chi connectivity index (χ2v) is 28.6. The van der Waals surface area contributed by atoms with Crippen LogP contribution in [0, 0.1) is 6.92 Å². The average Bonchev–Trinajstić information content (AvgIpc) is 1.76. The van der Waals surface area contributed by atoms with Gasteiger partial charge in [-0.1, -0.05) is 240 Å². The van der Waals surface area contributed by atoms with E-state index in [0.29, 0.717) is 0 Å². The van der Waals surface area contributed by atoms with Crippen LogP contribution in [0.15, 0.2) is 218 Å². The molecule has 422 valence electrons. The Morgan fingerprint density at radius 1 is 0.365 bits per heavy atom. The highest BCUT2D eigenvalue weighted by atomic mass is 15.3. The number of anilines is 8. The zero-order chi connectivity index (χ0) is 59.0. The fraction of sp³-hybridized carbons (Fsp3) is 0.259. The lowest BCUT2D eigenvalue weighted by Gasteiger charge is -2.51. The molecule has 3 heterocycles.